The van der Waals surface area contributed by atoms with Crippen molar-refractivity contribution in [1.82, 2.24) is 14.9 Å². The Labute approximate surface area is 105 Å². The van der Waals surface area contributed by atoms with Gasteiger partial charge in [-0.2, -0.15) is 0 Å². The largest absolute Gasteiger partial charge is 0.333 e. The summed E-state index contributed by atoms with van der Waals surface area (Å²) >= 11 is 0. The second-order valence-corrected chi connectivity index (χ2v) is 5.18. The maximum absolute atomic E-state index is 4.53. The fourth-order valence-electron chi connectivity index (χ4n) is 2.69. The van der Waals surface area contributed by atoms with Crippen LogP contribution in [0, 0.1) is 0 Å². The summed E-state index contributed by atoms with van der Waals surface area (Å²) in [5, 5.41) is 3.58. The zero-order chi connectivity index (χ0) is 12.1. The maximum Gasteiger partial charge on any atom is 0.0952 e. The van der Waals surface area contributed by atoms with Crippen LogP contribution in [0.15, 0.2) is 6.33 Å². The van der Waals surface area contributed by atoms with Crippen molar-refractivity contribution < 1.29 is 0 Å². The van der Waals surface area contributed by atoms with Crippen LogP contribution in [0.25, 0.3) is 0 Å². The molecule has 3 nitrogen and oxygen atoms in total. The molecule has 0 aromatic carbocycles. The molecule has 1 heterocycles. The van der Waals surface area contributed by atoms with Gasteiger partial charge in [0, 0.05) is 24.8 Å². The van der Waals surface area contributed by atoms with E-state index in [0.717, 1.165) is 13.1 Å². The Morgan fingerprint density at radius 2 is 2.24 bits per heavy atom. The van der Waals surface area contributed by atoms with E-state index in [1.165, 1.54) is 49.9 Å². The second kappa shape index (κ2) is 6.20. The van der Waals surface area contributed by atoms with Crippen molar-refractivity contribution in [3.05, 3.63) is 17.7 Å². The van der Waals surface area contributed by atoms with Gasteiger partial charge in [0.05, 0.1) is 12.0 Å². The van der Waals surface area contributed by atoms with Gasteiger partial charge in [0.1, 0.15) is 0 Å². The van der Waals surface area contributed by atoms with Crippen LogP contribution < -0.4 is 5.32 Å². The molecule has 1 N–H and O–H groups in total. The minimum Gasteiger partial charge on any atom is -0.333 e. The van der Waals surface area contributed by atoms with Gasteiger partial charge in [0.25, 0.3) is 0 Å². The van der Waals surface area contributed by atoms with Crippen LogP contribution in [0.4, 0.5) is 0 Å². The lowest BCUT2D eigenvalue weighted by atomic mass is 10.0. The third-order valence-corrected chi connectivity index (χ3v) is 3.68. The summed E-state index contributed by atoms with van der Waals surface area (Å²) in [7, 11) is 0. The molecule has 0 fully saturated rings. The molecule has 0 saturated heterocycles. The molecule has 0 amide bonds. The average Bonchev–Trinajstić information content (AvgIpc) is 2.73. The summed E-state index contributed by atoms with van der Waals surface area (Å²) in [6.07, 6.45) is 9.61. The predicted molar refractivity (Wildman–Crippen MR) is 71.2 cm³/mol. The molecule has 2 rings (SSSR count). The second-order valence-electron chi connectivity index (χ2n) is 5.18. The Kier molecular flexibility index (Phi) is 4.60. The Morgan fingerprint density at radius 1 is 1.41 bits per heavy atom. The molecular weight excluding hydrogens is 210 g/mol. The van der Waals surface area contributed by atoms with Gasteiger partial charge in [0.15, 0.2) is 0 Å². The predicted octanol–water partition coefficient (Wildman–Crippen LogP) is 2.54. The molecule has 0 aliphatic heterocycles. The summed E-state index contributed by atoms with van der Waals surface area (Å²) < 4.78 is 2.35. The highest BCUT2D eigenvalue weighted by molar-refractivity contribution is 5.16. The van der Waals surface area contributed by atoms with Crippen LogP contribution in [-0.4, -0.2) is 22.1 Å². The fourth-order valence-corrected chi connectivity index (χ4v) is 2.69. The minimum atomic E-state index is 0.638. The zero-order valence-corrected chi connectivity index (χ0v) is 11.2. The molecule has 96 valence electrons. The van der Waals surface area contributed by atoms with Gasteiger partial charge in [-0.3, -0.25) is 0 Å². The van der Waals surface area contributed by atoms with Crippen molar-refractivity contribution in [3.63, 3.8) is 0 Å². The number of nitrogens with one attached hydrogen (secondary N) is 1. The molecule has 17 heavy (non-hydrogen) atoms. The van der Waals surface area contributed by atoms with E-state index in [4.69, 9.17) is 0 Å². The summed E-state index contributed by atoms with van der Waals surface area (Å²) in [5.74, 6) is 0. The van der Waals surface area contributed by atoms with Crippen LogP contribution in [0.1, 0.15) is 50.9 Å². The van der Waals surface area contributed by atoms with Crippen molar-refractivity contribution in [1.29, 1.82) is 0 Å². The van der Waals surface area contributed by atoms with Crippen LogP contribution in [-0.2, 0) is 19.4 Å². The molecule has 3 heteroatoms. The minimum absolute atomic E-state index is 0.638. The third-order valence-electron chi connectivity index (χ3n) is 3.68. The standard InChI is InChI=1S/C14H25N3/c1-3-6-12(2)15-9-10-17-11-16-13-7-4-5-8-14(13)17/h11-12,15H,3-10H2,1-2H3. The molecule has 0 radical (unpaired) electrons. The van der Waals surface area contributed by atoms with Crippen LogP contribution in [0.2, 0.25) is 0 Å². The number of nitrogens with zero attached hydrogens (tertiary/aromatic N) is 2. The third kappa shape index (κ3) is 3.32. The van der Waals surface area contributed by atoms with Gasteiger partial charge in [-0.15, -0.1) is 0 Å². The van der Waals surface area contributed by atoms with Gasteiger partial charge in [-0.25, -0.2) is 4.98 Å². The Hall–Kier alpha value is -0.830. The van der Waals surface area contributed by atoms with Crippen molar-refractivity contribution in [3.8, 4) is 0 Å². The van der Waals surface area contributed by atoms with E-state index in [-0.39, 0.29) is 0 Å². The van der Waals surface area contributed by atoms with E-state index in [2.05, 4.69) is 28.7 Å². The lowest BCUT2D eigenvalue weighted by Gasteiger charge is -2.16. The molecule has 1 atom stereocenters. The summed E-state index contributed by atoms with van der Waals surface area (Å²) in [4.78, 5) is 4.53. The van der Waals surface area contributed by atoms with Gasteiger partial charge >= 0.3 is 0 Å². The Morgan fingerprint density at radius 3 is 3.06 bits per heavy atom. The van der Waals surface area contributed by atoms with E-state index in [1.54, 1.807) is 0 Å². The molecule has 0 spiro atoms. The Balaban J connectivity index is 1.81. The number of hydrogen-bond acceptors (Lipinski definition) is 2. The van der Waals surface area contributed by atoms with E-state index in [9.17, 15) is 0 Å². The van der Waals surface area contributed by atoms with Gasteiger partial charge in [0.2, 0.25) is 0 Å². The highest BCUT2D eigenvalue weighted by Gasteiger charge is 2.14. The quantitative estimate of drug-likeness (QED) is 0.821. The lowest BCUT2D eigenvalue weighted by Crippen LogP contribution is -2.29. The van der Waals surface area contributed by atoms with E-state index < -0.39 is 0 Å². The average molecular weight is 235 g/mol. The molecular formula is C14H25N3. The molecule has 1 aromatic rings. The lowest BCUT2D eigenvalue weighted by molar-refractivity contribution is 0.479. The molecule has 0 bridgehead atoms. The first-order valence-corrected chi connectivity index (χ1v) is 7.07. The number of aromatic nitrogens is 2. The van der Waals surface area contributed by atoms with E-state index in [0.29, 0.717) is 6.04 Å². The first kappa shape index (κ1) is 12.6. The van der Waals surface area contributed by atoms with Crippen LogP contribution >= 0.6 is 0 Å². The molecule has 1 aromatic heterocycles. The number of aryl methyl sites for hydroxylation is 1. The Bertz CT molecular complexity index is 343. The van der Waals surface area contributed by atoms with Crippen molar-refractivity contribution >= 4 is 0 Å². The van der Waals surface area contributed by atoms with Gasteiger partial charge < -0.3 is 9.88 Å². The fraction of sp³-hybridized carbons (Fsp3) is 0.786. The van der Waals surface area contributed by atoms with E-state index >= 15 is 0 Å². The first-order chi connectivity index (χ1) is 8.31. The monoisotopic (exact) mass is 235 g/mol. The smallest absolute Gasteiger partial charge is 0.0952 e. The number of hydrogen-bond donors (Lipinski definition) is 1. The number of fused-ring (bicyclic) bond motifs is 1. The molecule has 1 unspecified atom stereocenters. The van der Waals surface area contributed by atoms with Crippen molar-refractivity contribution in [2.75, 3.05) is 6.54 Å². The summed E-state index contributed by atoms with van der Waals surface area (Å²) in [5.41, 5.74) is 2.83. The van der Waals surface area contributed by atoms with Crippen molar-refractivity contribution in [2.24, 2.45) is 0 Å². The van der Waals surface area contributed by atoms with Crippen LogP contribution in [0.3, 0.4) is 0 Å². The highest BCUT2D eigenvalue weighted by atomic mass is 15.1. The summed E-state index contributed by atoms with van der Waals surface area (Å²) in [6.45, 7) is 6.64. The number of imidazole rings is 1. The van der Waals surface area contributed by atoms with Crippen LogP contribution in [0.5, 0.6) is 0 Å². The first-order valence-electron chi connectivity index (χ1n) is 7.07. The topological polar surface area (TPSA) is 29.9 Å². The normalized spacial score (nSPS) is 16.8. The molecule has 0 saturated carbocycles. The van der Waals surface area contributed by atoms with Gasteiger partial charge in [-0.1, -0.05) is 13.3 Å². The zero-order valence-electron chi connectivity index (χ0n) is 11.2. The van der Waals surface area contributed by atoms with Crippen molar-refractivity contribution in [2.45, 2.75) is 65.0 Å². The SMILES string of the molecule is CCCC(C)NCCn1cnc2c1CCCC2. The van der Waals surface area contributed by atoms with Gasteiger partial charge in [-0.05, 0) is 39.0 Å². The summed E-state index contributed by atoms with van der Waals surface area (Å²) in [6, 6.07) is 0.638. The highest BCUT2D eigenvalue weighted by Crippen LogP contribution is 2.19. The number of rotatable bonds is 6. The molecule has 1 aliphatic rings. The van der Waals surface area contributed by atoms with E-state index in [1.807, 2.05) is 6.33 Å². The molecule has 1 aliphatic carbocycles. The maximum atomic E-state index is 4.53.